The number of ketones is 1. The van der Waals surface area contributed by atoms with E-state index in [2.05, 4.69) is 35.9 Å². The molecule has 0 fully saturated rings. The highest BCUT2D eigenvalue weighted by atomic mass is 35.5. The molecule has 3 heterocycles. The molecule has 5 nitrogen and oxygen atoms in total. The SMILES string of the molecule is CCCC(=O)c1c(-c2ccccc2)c2c3n(c(CNc4cc(Cl)ccc4C)nn13)CCCC2. The molecule has 6 heteroatoms. The van der Waals surface area contributed by atoms with Gasteiger partial charge in [-0.2, -0.15) is 5.10 Å². The van der Waals surface area contributed by atoms with E-state index >= 15 is 0 Å². The van der Waals surface area contributed by atoms with Crippen LogP contribution in [0.3, 0.4) is 0 Å². The summed E-state index contributed by atoms with van der Waals surface area (Å²) < 4.78 is 4.24. The number of Topliss-reactive ketones (excluding diaryl/α,β-unsaturated/α-hetero) is 1. The third-order valence-corrected chi connectivity index (χ3v) is 6.74. The Bertz CT molecular complexity index is 1320. The lowest BCUT2D eigenvalue weighted by Crippen LogP contribution is -2.10. The van der Waals surface area contributed by atoms with Crippen molar-refractivity contribution in [1.82, 2.24) is 14.2 Å². The van der Waals surface area contributed by atoms with Crippen LogP contribution in [0.25, 0.3) is 16.8 Å². The fourth-order valence-electron chi connectivity index (χ4n) is 4.91. The topological polar surface area (TPSA) is 51.3 Å². The van der Waals surface area contributed by atoms with Crippen molar-refractivity contribution in [3.05, 3.63) is 76.2 Å². The molecular weight excluding hydrogens is 432 g/mol. The summed E-state index contributed by atoms with van der Waals surface area (Å²) >= 11 is 6.21. The van der Waals surface area contributed by atoms with Crippen molar-refractivity contribution in [2.24, 2.45) is 0 Å². The summed E-state index contributed by atoms with van der Waals surface area (Å²) in [5, 5.41) is 9.23. The van der Waals surface area contributed by atoms with Gasteiger partial charge in [-0.3, -0.25) is 4.79 Å². The molecule has 0 spiro atoms. The minimum Gasteiger partial charge on any atom is -0.377 e. The molecule has 1 aliphatic heterocycles. The van der Waals surface area contributed by atoms with Crippen molar-refractivity contribution in [3.8, 4) is 11.1 Å². The number of hydrogen-bond donors (Lipinski definition) is 1. The van der Waals surface area contributed by atoms with Crippen LogP contribution in [0.15, 0.2) is 48.5 Å². The minimum atomic E-state index is 0.160. The molecule has 33 heavy (non-hydrogen) atoms. The lowest BCUT2D eigenvalue weighted by molar-refractivity contribution is 0.0975. The van der Waals surface area contributed by atoms with Crippen LogP contribution in [0.2, 0.25) is 5.02 Å². The largest absolute Gasteiger partial charge is 0.377 e. The lowest BCUT2D eigenvalue weighted by Gasteiger charge is -2.11. The monoisotopic (exact) mass is 460 g/mol. The van der Waals surface area contributed by atoms with Gasteiger partial charge in [-0.25, -0.2) is 4.52 Å². The van der Waals surface area contributed by atoms with Gasteiger partial charge < -0.3 is 9.88 Å². The molecule has 4 aromatic rings. The van der Waals surface area contributed by atoms with E-state index in [1.165, 1.54) is 5.56 Å². The predicted octanol–water partition coefficient (Wildman–Crippen LogP) is 6.70. The van der Waals surface area contributed by atoms with Gasteiger partial charge in [-0.05, 0) is 55.9 Å². The van der Waals surface area contributed by atoms with E-state index in [-0.39, 0.29) is 5.78 Å². The Morgan fingerprint density at radius 1 is 1.15 bits per heavy atom. The first-order valence-electron chi connectivity index (χ1n) is 11.8. The first-order valence-corrected chi connectivity index (χ1v) is 12.2. The maximum absolute atomic E-state index is 13.4. The molecular formula is C27H29ClN4O. The summed E-state index contributed by atoms with van der Waals surface area (Å²) in [4.78, 5) is 13.4. The zero-order valence-corrected chi connectivity index (χ0v) is 20.0. The van der Waals surface area contributed by atoms with E-state index in [1.807, 2.05) is 40.9 Å². The smallest absolute Gasteiger partial charge is 0.181 e. The summed E-state index contributed by atoms with van der Waals surface area (Å²) in [5.74, 6) is 1.10. The number of carbonyl (C=O) groups excluding carboxylic acids is 1. The number of halogens is 1. The highest BCUT2D eigenvalue weighted by molar-refractivity contribution is 6.30. The summed E-state index contributed by atoms with van der Waals surface area (Å²) in [6.45, 7) is 5.60. The molecule has 170 valence electrons. The summed E-state index contributed by atoms with van der Waals surface area (Å²) in [6.07, 6.45) is 4.49. The molecule has 1 aliphatic rings. The van der Waals surface area contributed by atoms with Gasteiger partial charge in [0.25, 0.3) is 0 Å². The Labute approximate surface area is 199 Å². The molecule has 0 atom stereocenters. The van der Waals surface area contributed by atoms with Crippen molar-refractivity contribution >= 4 is 28.7 Å². The van der Waals surface area contributed by atoms with Crippen LogP contribution < -0.4 is 5.32 Å². The first kappa shape index (κ1) is 21.8. The Balaban J connectivity index is 1.65. The Morgan fingerprint density at radius 3 is 2.76 bits per heavy atom. The number of hydrogen-bond acceptors (Lipinski definition) is 3. The van der Waals surface area contributed by atoms with Gasteiger partial charge in [0.2, 0.25) is 0 Å². The highest BCUT2D eigenvalue weighted by Gasteiger charge is 2.29. The Kier molecular flexibility index (Phi) is 5.98. The van der Waals surface area contributed by atoms with Crippen LogP contribution in [-0.4, -0.2) is 20.0 Å². The maximum atomic E-state index is 13.4. The molecule has 2 aromatic carbocycles. The number of nitrogens with one attached hydrogen (secondary N) is 1. The molecule has 5 rings (SSSR count). The molecule has 0 radical (unpaired) electrons. The fraction of sp³-hybridized carbons (Fsp3) is 0.333. The van der Waals surface area contributed by atoms with Gasteiger partial charge in [0.1, 0.15) is 11.3 Å². The van der Waals surface area contributed by atoms with Gasteiger partial charge in [-0.1, -0.05) is 54.9 Å². The number of rotatable bonds is 7. The van der Waals surface area contributed by atoms with Crippen LogP contribution in [0.5, 0.6) is 0 Å². The zero-order valence-electron chi connectivity index (χ0n) is 19.2. The van der Waals surface area contributed by atoms with E-state index in [9.17, 15) is 4.79 Å². The number of nitrogens with zero attached hydrogens (tertiary/aromatic N) is 3. The van der Waals surface area contributed by atoms with Crippen LogP contribution in [0, 0.1) is 6.92 Å². The fourth-order valence-corrected chi connectivity index (χ4v) is 5.08. The second-order valence-corrected chi connectivity index (χ2v) is 9.25. The molecule has 0 aliphatic carbocycles. The van der Waals surface area contributed by atoms with E-state index in [4.69, 9.17) is 16.7 Å². The summed E-state index contributed by atoms with van der Waals surface area (Å²) in [5.41, 5.74) is 7.36. The molecule has 0 saturated carbocycles. The average Bonchev–Trinajstić information content (AvgIpc) is 3.22. The number of anilines is 1. The Hall–Kier alpha value is -3.05. The molecule has 2 aromatic heterocycles. The predicted molar refractivity (Wildman–Crippen MR) is 134 cm³/mol. The number of benzene rings is 2. The molecule has 0 amide bonds. The van der Waals surface area contributed by atoms with Crippen molar-refractivity contribution in [2.45, 2.75) is 59.0 Å². The third-order valence-electron chi connectivity index (χ3n) is 6.50. The zero-order chi connectivity index (χ0) is 22.9. The van der Waals surface area contributed by atoms with Crippen LogP contribution in [0.4, 0.5) is 5.69 Å². The Morgan fingerprint density at radius 2 is 1.97 bits per heavy atom. The normalized spacial score (nSPS) is 13.3. The van der Waals surface area contributed by atoms with Gasteiger partial charge in [0.15, 0.2) is 11.6 Å². The van der Waals surface area contributed by atoms with Crippen LogP contribution in [0.1, 0.15) is 60.0 Å². The standard InChI is InChI=1S/C27H29ClN4O/c1-3-9-23(33)26-25(19-10-5-4-6-11-19)21-12-7-8-15-31-24(30-32(26)27(21)31)17-29-22-16-20(28)14-13-18(22)2/h4-6,10-11,13-14,16,29H,3,7-9,12,15,17H2,1-2H3. The number of carbonyl (C=O) groups is 1. The van der Waals surface area contributed by atoms with Crippen molar-refractivity contribution in [3.63, 3.8) is 0 Å². The van der Waals surface area contributed by atoms with E-state index in [0.29, 0.717) is 18.0 Å². The first-order chi connectivity index (χ1) is 16.1. The molecule has 0 unspecified atom stereocenters. The van der Waals surface area contributed by atoms with Gasteiger partial charge in [0, 0.05) is 34.8 Å². The molecule has 1 N–H and O–H groups in total. The van der Waals surface area contributed by atoms with Crippen molar-refractivity contribution in [2.75, 3.05) is 5.32 Å². The van der Waals surface area contributed by atoms with Crippen molar-refractivity contribution < 1.29 is 4.79 Å². The van der Waals surface area contributed by atoms with Crippen LogP contribution >= 0.6 is 11.6 Å². The maximum Gasteiger partial charge on any atom is 0.181 e. The second-order valence-electron chi connectivity index (χ2n) is 8.81. The van der Waals surface area contributed by atoms with E-state index in [0.717, 1.165) is 71.8 Å². The van der Waals surface area contributed by atoms with E-state index < -0.39 is 0 Å². The molecule has 0 bridgehead atoms. The van der Waals surface area contributed by atoms with Gasteiger partial charge in [-0.15, -0.1) is 0 Å². The van der Waals surface area contributed by atoms with E-state index in [1.54, 1.807) is 0 Å². The molecule has 0 saturated heterocycles. The quantitative estimate of drug-likeness (QED) is 0.312. The van der Waals surface area contributed by atoms with Gasteiger partial charge in [0.05, 0.1) is 6.54 Å². The van der Waals surface area contributed by atoms with Gasteiger partial charge >= 0.3 is 0 Å². The minimum absolute atomic E-state index is 0.160. The average molecular weight is 461 g/mol. The highest BCUT2D eigenvalue weighted by Crippen LogP contribution is 2.37. The lowest BCUT2D eigenvalue weighted by atomic mass is 9.96. The van der Waals surface area contributed by atoms with Crippen LogP contribution in [-0.2, 0) is 19.5 Å². The third kappa shape index (κ3) is 3.95. The summed E-state index contributed by atoms with van der Waals surface area (Å²) in [6, 6.07) is 16.2. The number of aryl methyl sites for hydroxylation is 3. The summed E-state index contributed by atoms with van der Waals surface area (Å²) in [7, 11) is 0. The number of aromatic nitrogens is 3. The van der Waals surface area contributed by atoms with Crippen molar-refractivity contribution in [1.29, 1.82) is 0 Å². The second kappa shape index (κ2) is 9.06.